The van der Waals surface area contributed by atoms with E-state index in [0.717, 1.165) is 0 Å². The molecule has 0 unspecified atom stereocenters. The van der Waals surface area contributed by atoms with Crippen LogP contribution in [-0.2, 0) is 6.42 Å². The minimum Gasteiger partial charge on any atom is -0.389 e. The highest BCUT2D eigenvalue weighted by molar-refractivity contribution is 9.10. The van der Waals surface area contributed by atoms with Crippen molar-refractivity contribution in [3.63, 3.8) is 0 Å². The first kappa shape index (κ1) is 12.9. The maximum atomic E-state index is 13.8. The van der Waals surface area contributed by atoms with E-state index < -0.39 is 17.2 Å². The van der Waals surface area contributed by atoms with Crippen molar-refractivity contribution in [3.05, 3.63) is 33.8 Å². The third kappa shape index (κ3) is 2.84. The molecule has 0 atom stereocenters. The zero-order chi connectivity index (χ0) is 12.5. The number of nitrogens with one attached hydrogen (secondary N) is 1. The highest BCUT2D eigenvalue weighted by Crippen LogP contribution is 2.29. The Bertz CT molecular complexity index is 419. The highest BCUT2D eigenvalue weighted by Gasteiger charge is 2.31. The first-order chi connectivity index (χ1) is 8.02. The molecule has 0 spiro atoms. The lowest BCUT2D eigenvalue weighted by Gasteiger charge is -2.32. The first-order valence-electron chi connectivity index (χ1n) is 5.57. The van der Waals surface area contributed by atoms with Crippen molar-refractivity contribution in [2.24, 2.45) is 0 Å². The zero-order valence-electron chi connectivity index (χ0n) is 9.27. The van der Waals surface area contributed by atoms with E-state index in [9.17, 15) is 13.9 Å². The van der Waals surface area contributed by atoms with Gasteiger partial charge in [-0.1, -0.05) is 0 Å². The topological polar surface area (TPSA) is 32.3 Å². The van der Waals surface area contributed by atoms with Crippen LogP contribution in [0.4, 0.5) is 8.78 Å². The van der Waals surface area contributed by atoms with Gasteiger partial charge in [0.05, 0.1) is 10.1 Å². The van der Waals surface area contributed by atoms with Crippen molar-refractivity contribution in [2.45, 2.75) is 24.9 Å². The van der Waals surface area contributed by atoms with E-state index in [4.69, 9.17) is 0 Å². The molecule has 0 radical (unpaired) electrons. The molecule has 1 heterocycles. The summed E-state index contributed by atoms with van der Waals surface area (Å²) < 4.78 is 27.6. The number of hydrogen-bond donors (Lipinski definition) is 2. The van der Waals surface area contributed by atoms with Crippen molar-refractivity contribution < 1.29 is 13.9 Å². The Morgan fingerprint density at radius 3 is 2.59 bits per heavy atom. The molecular formula is C12H14BrF2NO. The van der Waals surface area contributed by atoms with E-state index in [-0.39, 0.29) is 16.5 Å². The maximum Gasteiger partial charge on any atom is 0.143 e. The number of aliphatic hydroxyl groups is 1. The Labute approximate surface area is 107 Å². The van der Waals surface area contributed by atoms with Gasteiger partial charge in [0.1, 0.15) is 11.6 Å². The van der Waals surface area contributed by atoms with Crippen LogP contribution < -0.4 is 5.32 Å². The Balaban J connectivity index is 2.26. The molecule has 1 saturated heterocycles. The second-order valence-corrected chi connectivity index (χ2v) is 5.33. The van der Waals surface area contributed by atoms with Gasteiger partial charge in [0, 0.05) is 12.0 Å². The summed E-state index contributed by atoms with van der Waals surface area (Å²) in [6, 6.07) is 2.55. The second kappa shape index (κ2) is 5.00. The van der Waals surface area contributed by atoms with Crippen molar-refractivity contribution in [3.8, 4) is 0 Å². The fraction of sp³-hybridized carbons (Fsp3) is 0.500. The van der Waals surface area contributed by atoms with Gasteiger partial charge in [0.2, 0.25) is 0 Å². The summed E-state index contributed by atoms with van der Waals surface area (Å²) in [4.78, 5) is 0. The van der Waals surface area contributed by atoms with Crippen LogP contribution in [-0.4, -0.2) is 23.8 Å². The fourth-order valence-corrected chi connectivity index (χ4v) is 2.50. The van der Waals surface area contributed by atoms with Crippen LogP contribution in [0.5, 0.6) is 0 Å². The lowest BCUT2D eigenvalue weighted by molar-refractivity contribution is 0.00934. The van der Waals surface area contributed by atoms with Crippen molar-refractivity contribution in [1.29, 1.82) is 0 Å². The summed E-state index contributed by atoms with van der Waals surface area (Å²) >= 11 is 3.03. The van der Waals surface area contributed by atoms with Crippen LogP contribution >= 0.6 is 15.9 Å². The average Bonchev–Trinajstić information content (AvgIpc) is 2.31. The molecule has 1 aromatic rings. The van der Waals surface area contributed by atoms with Crippen molar-refractivity contribution >= 4 is 15.9 Å². The largest absolute Gasteiger partial charge is 0.389 e. The van der Waals surface area contributed by atoms with E-state index in [1.165, 1.54) is 12.1 Å². The zero-order valence-corrected chi connectivity index (χ0v) is 10.9. The molecule has 0 aromatic heterocycles. The maximum absolute atomic E-state index is 13.8. The van der Waals surface area contributed by atoms with Gasteiger partial charge in [-0.15, -0.1) is 0 Å². The van der Waals surface area contributed by atoms with E-state index in [1.54, 1.807) is 0 Å². The SMILES string of the molecule is OC1(Cc2c(F)ccc(Br)c2F)CCNCC1. The number of benzene rings is 1. The van der Waals surface area contributed by atoms with Gasteiger partial charge < -0.3 is 10.4 Å². The summed E-state index contributed by atoms with van der Waals surface area (Å²) in [6.45, 7) is 1.35. The lowest BCUT2D eigenvalue weighted by Crippen LogP contribution is -2.43. The Kier molecular flexibility index (Phi) is 3.80. The van der Waals surface area contributed by atoms with Gasteiger partial charge in [0.15, 0.2) is 0 Å². The normalized spacial score (nSPS) is 19.3. The van der Waals surface area contributed by atoms with Crippen LogP contribution in [0.25, 0.3) is 0 Å². The molecule has 1 aliphatic rings. The number of hydrogen-bond acceptors (Lipinski definition) is 2. The van der Waals surface area contributed by atoms with E-state index >= 15 is 0 Å². The van der Waals surface area contributed by atoms with Gasteiger partial charge >= 0.3 is 0 Å². The molecule has 0 amide bonds. The first-order valence-corrected chi connectivity index (χ1v) is 6.37. The lowest BCUT2D eigenvalue weighted by atomic mass is 9.86. The third-order valence-corrected chi connectivity index (χ3v) is 3.79. The second-order valence-electron chi connectivity index (χ2n) is 4.47. The van der Waals surface area contributed by atoms with Crippen LogP contribution in [0.1, 0.15) is 18.4 Å². The summed E-state index contributed by atoms with van der Waals surface area (Å²) in [5.74, 6) is -1.21. The Morgan fingerprint density at radius 2 is 1.94 bits per heavy atom. The molecular weight excluding hydrogens is 292 g/mol. The predicted octanol–water partition coefficient (Wildman–Crippen LogP) is 2.38. The number of halogens is 3. The molecule has 0 saturated carbocycles. The molecule has 1 aliphatic heterocycles. The molecule has 0 aliphatic carbocycles. The van der Waals surface area contributed by atoms with Crippen molar-refractivity contribution in [1.82, 2.24) is 5.32 Å². The number of piperidine rings is 1. The molecule has 1 fully saturated rings. The van der Waals surface area contributed by atoms with Crippen LogP contribution in [0.3, 0.4) is 0 Å². The summed E-state index contributed by atoms with van der Waals surface area (Å²) in [5, 5.41) is 13.4. The fourth-order valence-electron chi connectivity index (χ4n) is 2.13. The minimum atomic E-state index is -1.01. The van der Waals surface area contributed by atoms with E-state index in [0.29, 0.717) is 25.9 Å². The van der Waals surface area contributed by atoms with E-state index in [2.05, 4.69) is 21.2 Å². The van der Waals surface area contributed by atoms with Crippen LogP contribution in [0.2, 0.25) is 0 Å². The summed E-state index contributed by atoms with van der Waals surface area (Å²) in [5.41, 5.74) is -1.04. The smallest absolute Gasteiger partial charge is 0.143 e. The van der Waals surface area contributed by atoms with Crippen molar-refractivity contribution in [2.75, 3.05) is 13.1 Å². The Hall–Kier alpha value is -0.520. The monoisotopic (exact) mass is 305 g/mol. The van der Waals surface area contributed by atoms with Crippen LogP contribution in [0, 0.1) is 11.6 Å². The molecule has 0 bridgehead atoms. The average molecular weight is 306 g/mol. The van der Waals surface area contributed by atoms with Gasteiger partial charge in [0.25, 0.3) is 0 Å². The Morgan fingerprint density at radius 1 is 1.29 bits per heavy atom. The molecule has 1 aromatic carbocycles. The molecule has 2 rings (SSSR count). The third-order valence-electron chi connectivity index (χ3n) is 3.18. The molecule has 17 heavy (non-hydrogen) atoms. The van der Waals surface area contributed by atoms with E-state index in [1.807, 2.05) is 0 Å². The molecule has 5 heteroatoms. The molecule has 2 N–H and O–H groups in total. The minimum absolute atomic E-state index is 0.0196. The molecule has 94 valence electrons. The van der Waals surface area contributed by atoms with Crippen LogP contribution in [0.15, 0.2) is 16.6 Å². The van der Waals surface area contributed by atoms with Gasteiger partial charge in [-0.05, 0) is 54.0 Å². The standard InChI is InChI=1S/C12H14BrF2NO/c13-9-1-2-10(14)8(11(9)15)7-12(17)3-5-16-6-4-12/h1-2,16-17H,3-7H2. The summed E-state index contributed by atoms with van der Waals surface area (Å²) in [7, 11) is 0. The molecule has 2 nitrogen and oxygen atoms in total. The highest BCUT2D eigenvalue weighted by atomic mass is 79.9. The predicted molar refractivity (Wildman–Crippen MR) is 64.8 cm³/mol. The van der Waals surface area contributed by atoms with Gasteiger partial charge in [-0.3, -0.25) is 0 Å². The van der Waals surface area contributed by atoms with Gasteiger partial charge in [-0.25, -0.2) is 8.78 Å². The quantitative estimate of drug-likeness (QED) is 0.822. The summed E-state index contributed by atoms with van der Waals surface area (Å²) in [6.07, 6.45) is 1.04. The number of rotatable bonds is 2. The van der Waals surface area contributed by atoms with Gasteiger partial charge in [-0.2, -0.15) is 0 Å².